The van der Waals surface area contributed by atoms with Crippen LogP contribution in [0.25, 0.3) is 0 Å². The average Bonchev–Trinajstić information content (AvgIpc) is 3.28. The topological polar surface area (TPSA) is 136 Å². The Hall–Kier alpha value is -2.27. The summed E-state index contributed by atoms with van der Waals surface area (Å²) in [6.07, 6.45) is 13.2. The van der Waals surface area contributed by atoms with Crippen LogP contribution in [0.5, 0.6) is 0 Å². The number of sulfonamides is 1. The van der Waals surface area contributed by atoms with Crippen molar-refractivity contribution >= 4 is 22.0 Å². The summed E-state index contributed by atoms with van der Waals surface area (Å²) in [6.45, 7) is 2.62. The molecule has 9 nitrogen and oxygen atoms in total. The number of carboxylic acids is 2. The molecule has 1 saturated heterocycles. The lowest BCUT2D eigenvalue weighted by molar-refractivity contribution is -0.134. The Morgan fingerprint density at radius 1 is 1.08 bits per heavy atom. The van der Waals surface area contributed by atoms with Crippen LogP contribution in [-0.4, -0.2) is 68.2 Å². The van der Waals surface area contributed by atoms with Crippen molar-refractivity contribution in [1.29, 1.82) is 0 Å². The van der Waals surface area contributed by atoms with Gasteiger partial charge in [-0.3, -0.25) is 0 Å². The van der Waals surface area contributed by atoms with Crippen LogP contribution in [0.4, 0.5) is 0 Å². The Labute approximate surface area is 220 Å². The predicted molar refractivity (Wildman–Crippen MR) is 142 cm³/mol. The zero-order valence-corrected chi connectivity index (χ0v) is 22.5. The van der Waals surface area contributed by atoms with Gasteiger partial charge in [0.05, 0.1) is 4.90 Å². The van der Waals surface area contributed by atoms with Gasteiger partial charge < -0.3 is 20.4 Å². The molecule has 1 aromatic carbocycles. The standard InChI is InChI=1S/C23H37N3O2S.C4H4O4/c1-26-15-5-8-20(26)12-14-25-29(27,28)21-10-9-19-11-13-24-23(22(19)17-21)16-18-6-3-2-4-7-18;5-3(6)1-2-4(7)8/h9-10,17-18,20,23-25H,2-8,11-16H2,1H3;1-2H,(H,5,6)(H,7,8)/t20-,23?;/m0./s1. The number of carboxylic acid groups (broad SMARTS) is 2. The third-order valence-electron chi connectivity index (χ3n) is 7.69. The van der Waals surface area contributed by atoms with Gasteiger partial charge in [-0.25, -0.2) is 22.7 Å². The Morgan fingerprint density at radius 2 is 1.78 bits per heavy atom. The van der Waals surface area contributed by atoms with Crippen molar-refractivity contribution in [3.05, 3.63) is 41.5 Å². The third-order valence-corrected chi connectivity index (χ3v) is 9.15. The highest BCUT2D eigenvalue weighted by atomic mass is 32.2. The van der Waals surface area contributed by atoms with Crippen molar-refractivity contribution in [2.75, 3.05) is 26.7 Å². The maximum absolute atomic E-state index is 12.9. The lowest BCUT2D eigenvalue weighted by atomic mass is 9.81. The summed E-state index contributed by atoms with van der Waals surface area (Å²) >= 11 is 0. The monoisotopic (exact) mass is 535 g/mol. The Kier molecular flexibility index (Phi) is 11.1. The molecule has 3 aliphatic rings. The summed E-state index contributed by atoms with van der Waals surface area (Å²) in [5.41, 5.74) is 2.52. The molecule has 0 bridgehead atoms. The fourth-order valence-electron chi connectivity index (χ4n) is 5.68. The molecule has 1 unspecified atom stereocenters. The molecule has 37 heavy (non-hydrogen) atoms. The first-order valence-electron chi connectivity index (χ1n) is 13.4. The van der Waals surface area contributed by atoms with Gasteiger partial charge in [-0.15, -0.1) is 0 Å². The number of fused-ring (bicyclic) bond motifs is 1. The molecule has 10 heteroatoms. The summed E-state index contributed by atoms with van der Waals surface area (Å²) < 4.78 is 28.7. The van der Waals surface area contributed by atoms with Crippen LogP contribution >= 0.6 is 0 Å². The molecule has 0 aromatic heterocycles. The average molecular weight is 536 g/mol. The molecule has 1 saturated carbocycles. The van der Waals surface area contributed by atoms with Crippen LogP contribution in [0.2, 0.25) is 0 Å². The van der Waals surface area contributed by atoms with Gasteiger partial charge in [0.2, 0.25) is 10.0 Å². The number of hydrogen-bond acceptors (Lipinski definition) is 6. The third kappa shape index (κ3) is 9.21. The highest BCUT2D eigenvalue weighted by Gasteiger charge is 2.27. The van der Waals surface area contributed by atoms with E-state index in [9.17, 15) is 18.0 Å². The summed E-state index contributed by atoms with van der Waals surface area (Å²) in [5, 5.41) is 19.3. The van der Waals surface area contributed by atoms with Crippen molar-refractivity contribution in [3.8, 4) is 0 Å². The largest absolute Gasteiger partial charge is 0.478 e. The molecule has 1 aromatic rings. The normalized spacial score (nSPS) is 22.8. The van der Waals surface area contributed by atoms with Crippen LogP contribution in [0.15, 0.2) is 35.2 Å². The van der Waals surface area contributed by atoms with Crippen LogP contribution in [0.1, 0.15) is 75.0 Å². The van der Waals surface area contributed by atoms with Crippen LogP contribution in [0, 0.1) is 5.92 Å². The molecule has 4 rings (SSSR count). The highest BCUT2D eigenvalue weighted by Crippen LogP contribution is 2.35. The molecule has 0 spiro atoms. The van der Waals surface area contributed by atoms with Crippen molar-refractivity contribution in [1.82, 2.24) is 14.9 Å². The number of rotatable bonds is 9. The minimum absolute atomic E-state index is 0.295. The van der Waals surface area contributed by atoms with Crippen LogP contribution in [0.3, 0.4) is 0 Å². The van der Waals surface area contributed by atoms with E-state index in [0.717, 1.165) is 38.3 Å². The van der Waals surface area contributed by atoms with Gasteiger partial charge in [0.1, 0.15) is 0 Å². The smallest absolute Gasteiger partial charge is 0.328 e. The van der Waals surface area contributed by atoms with Gasteiger partial charge in [0.15, 0.2) is 0 Å². The van der Waals surface area contributed by atoms with Gasteiger partial charge in [-0.05, 0) is 81.4 Å². The first-order chi connectivity index (χ1) is 17.7. The molecule has 2 heterocycles. The molecule has 1 aliphatic carbocycles. The number of likely N-dealkylation sites (tertiary alicyclic amines) is 1. The number of hydrogen-bond donors (Lipinski definition) is 4. The highest BCUT2D eigenvalue weighted by molar-refractivity contribution is 7.89. The molecular formula is C27H41N3O6S. The quantitative estimate of drug-likeness (QED) is 0.354. The van der Waals surface area contributed by atoms with E-state index in [0.29, 0.717) is 35.7 Å². The van der Waals surface area contributed by atoms with Crippen LogP contribution in [-0.2, 0) is 26.0 Å². The fourth-order valence-corrected chi connectivity index (χ4v) is 6.76. The van der Waals surface area contributed by atoms with E-state index >= 15 is 0 Å². The van der Waals surface area contributed by atoms with Crippen molar-refractivity contribution in [2.24, 2.45) is 5.92 Å². The number of nitrogens with one attached hydrogen (secondary N) is 2. The zero-order chi connectivity index (χ0) is 26.8. The lowest BCUT2D eigenvalue weighted by Crippen LogP contribution is -2.33. The fraction of sp³-hybridized carbons (Fsp3) is 0.630. The van der Waals surface area contributed by atoms with E-state index in [2.05, 4.69) is 22.0 Å². The maximum atomic E-state index is 12.9. The van der Waals surface area contributed by atoms with Gasteiger partial charge in [0.25, 0.3) is 0 Å². The Balaban J connectivity index is 0.000000414. The van der Waals surface area contributed by atoms with Gasteiger partial charge in [0, 0.05) is 30.8 Å². The summed E-state index contributed by atoms with van der Waals surface area (Å²) in [6, 6.07) is 6.59. The first-order valence-corrected chi connectivity index (χ1v) is 14.8. The van der Waals surface area contributed by atoms with Crippen molar-refractivity contribution in [2.45, 2.75) is 81.2 Å². The molecule has 2 fully saturated rings. The second-order valence-corrected chi connectivity index (χ2v) is 12.1. The van der Waals surface area contributed by atoms with E-state index < -0.39 is 22.0 Å². The molecule has 0 amide bonds. The van der Waals surface area contributed by atoms with Crippen molar-refractivity contribution in [3.63, 3.8) is 0 Å². The minimum Gasteiger partial charge on any atom is -0.478 e. The molecule has 0 radical (unpaired) electrons. The van der Waals surface area contributed by atoms with Gasteiger partial charge in [-0.1, -0.05) is 38.2 Å². The van der Waals surface area contributed by atoms with E-state index in [4.69, 9.17) is 10.2 Å². The first kappa shape index (κ1) is 29.3. The predicted octanol–water partition coefficient (Wildman–Crippen LogP) is 3.32. The lowest BCUT2D eigenvalue weighted by Gasteiger charge is -2.32. The van der Waals surface area contributed by atoms with E-state index in [1.807, 2.05) is 12.1 Å². The number of carbonyl (C=O) groups is 2. The molecule has 4 N–H and O–H groups in total. The SMILES string of the molecule is CN1CCC[C@H]1CCNS(=O)(=O)c1ccc2c(c1)C(CC1CCCCC1)NCC2.O=C(O)C=CC(=O)O. The number of aliphatic carboxylic acids is 2. The number of benzene rings is 1. The second kappa shape index (κ2) is 14.0. The molecule has 2 atom stereocenters. The van der Waals surface area contributed by atoms with Crippen molar-refractivity contribution < 1.29 is 28.2 Å². The molecular weight excluding hydrogens is 494 g/mol. The summed E-state index contributed by atoms with van der Waals surface area (Å²) in [5.74, 6) is -1.74. The summed E-state index contributed by atoms with van der Waals surface area (Å²) in [4.78, 5) is 21.9. The van der Waals surface area contributed by atoms with E-state index in [1.165, 1.54) is 56.1 Å². The Morgan fingerprint density at radius 3 is 2.41 bits per heavy atom. The van der Waals surface area contributed by atoms with Crippen LogP contribution < -0.4 is 10.0 Å². The van der Waals surface area contributed by atoms with Gasteiger partial charge in [-0.2, -0.15) is 0 Å². The van der Waals surface area contributed by atoms with Gasteiger partial charge >= 0.3 is 11.9 Å². The molecule has 2 aliphatic heterocycles. The maximum Gasteiger partial charge on any atom is 0.328 e. The van der Waals surface area contributed by atoms with E-state index in [1.54, 1.807) is 6.07 Å². The van der Waals surface area contributed by atoms with E-state index in [-0.39, 0.29) is 0 Å². The Bertz CT molecular complexity index is 1040. The number of nitrogens with zero attached hydrogens (tertiary/aromatic N) is 1. The zero-order valence-electron chi connectivity index (χ0n) is 21.7. The minimum atomic E-state index is -3.46. The summed E-state index contributed by atoms with van der Waals surface area (Å²) in [7, 11) is -1.32. The molecule has 206 valence electrons. The second-order valence-electron chi connectivity index (χ2n) is 10.3.